The van der Waals surface area contributed by atoms with Crippen LogP contribution in [0.25, 0.3) is 0 Å². The molecule has 0 saturated heterocycles. The third kappa shape index (κ3) is 3.56. The lowest BCUT2D eigenvalue weighted by molar-refractivity contribution is 0.114. The van der Waals surface area contributed by atoms with Gasteiger partial charge in [-0.2, -0.15) is 0 Å². The maximum absolute atomic E-state index is 9.54. The van der Waals surface area contributed by atoms with Gasteiger partial charge < -0.3 is 10.4 Å². The molecule has 0 radical (unpaired) electrons. The Balaban J connectivity index is 1.99. The summed E-state index contributed by atoms with van der Waals surface area (Å²) in [4.78, 5) is 0. The zero-order valence-corrected chi connectivity index (χ0v) is 12.5. The summed E-state index contributed by atoms with van der Waals surface area (Å²) in [6.45, 7) is 2.22. The molecule has 0 aliphatic heterocycles. The molecule has 2 rings (SSSR count). The SMILES string of the molecule is CCC(NC1CCC(O)CC1)c1ccccc1Br. The summed E-state index contributed by atoms with van der Waals surface area (Å²) >= 11 is 3.63. The highest BCUT2D eigenvalue weighted by atomic mass is 79.9. The van der Waals surface area contributed by atoms with E-state index in [0.717, 1.165) is 32.1 Å². The van der Waals surface area contributed by atoms with Gasteiger partial charge in [0, 0.05) is 16.6 Å². The number of aliphatic hydroxyl groups is 1. The Morgan fingerprint density at radius 3 is 2.56 bits per heavy atom. The number of hydrogen-bond acceptors (Lipinski definition) is 2. The van der Waals surface area contributed by atoms with Crippen LogP contribution in [0.5, 0.6) is 0 Å². The summed E-state index contributed by atoms with van der Waals surface area (Å²) in [5.41, 5.74) is 1.34. The third-order valence-electron chi connectivity index (χ3n) is 3.82. The Labute approximate surface area is 118 Å². The van der Waals surface area contributed by atoms with Crippen LogP contribution in [-0.4, -0.2) is 17.3 Å². The van der Waals surface area contributed by atoms with Crippen molar-refractivity contribution in [1.82, 2.24) is 5.32 Å². The molecule has 1 aliphatic rings. The van der Waals surface area contributed by atoms with E-state index >= 15 is 0 Å². The van der Waals surface area contributed by atoms with Gasteiger partial charge in [0.2, 0.25) is 0 Å². The van der Waals surface area contributed by atoms with Gasteiger partial charge in [-0.05, 0) is 43.7 Å². The van der Waals surface area contributed by atoms with E-state index in [4.69, 9.17) is 0 Å². The third-order valence-corrected chi connectivity index (χ3v) is 4.54. The van der Waals surface area contributed by atoms with E-state index in [9.17, 15) is 5.11 Å². The largest absolute Gasteiger partial charge is 0.393 e. The molecular weight excluding hydrogens is 290 g/mol. The van der Waals surface area contributed by atoms with Crippen molar-refractivity contribution >= 4 is 15.9 Å². The minimum absolute atomic E-state index is 0.0772. The average molecular weight is 312 g/mol. The molecule has 1 aromatic carbocycles. The van der Waals surface area contributed by atoms with E-state index in [2.05, 4.69) is 52.4 Å². The molecule has 1 unspecified atom stereocenters. The first-order valence-corrected chi connectivity index (χ1v) is 7.68. The van der Waals surface area contributed by atoms with Gasteiger partial charge in [-0.1, -0.05) is 41.1 Å². The highest BCUT2D eigenvalue weighted by Gasteiger charge is 2.22. The van der Waals surface area contributed by atoms with Gasteiger partial charge in [0.1, 0.15) is 0 Å². The summed E-state index contributed by atoms with van der Waals surface area (Å²) in [7, 11) is 0. The molecule has 1 saturated carbocycles. The van der Waals surface area contributed by atoms with Crippen molar-refractivity contribution in [2.24, 2.45) is 0 Å². The van der Waals surface area contributed by atoms with Crippen molar-refractivity contribution in [2.75, 3.05) is 0 Å². The fourth-order valence-electron chi connectivity index (χ4n) is 2.71. The van der Waals surface area contributed by atoms with Crippen LogP contribution in [0.2, 0.25) is 0 Å². The number of halogens is 1. The molecule has 1 aromatic rings. The van der Waals surface area contributed by atoms with Crippen LogP contribution in [0.4, 0.5) is 0 Å². The minimum atomic E-state index is -0.0772. The van der Waals surface area contributed by atoms with E-state index in [1.165, 1.54) is 10.0 Å². The van der Waals surface area contributed by atoms with Crippen molar-refractivity contribution < 1.29 is 5.11 Å². The second kappa shape index (κ2) is 6.69. The smallest absolute Gasteiger partial charge is 0.0541 e. The second-order valence-corrected chi connectivity index (χ2v) is 6.01. The van der Waals surface area contributed by atoms with Gasteiger partial charge in [-0.3, -0.25) is 0 Å². The number of aliphatic hydroxyl groups excluding tert-OH is 1. The van der Waals surface area contributed by atoms with E-state index in [-0.39, 0.29) is 6.10 Å². The van der Waals surface area contributed by atoms with Gasteiger partial charge >= 0.3 is 0 Å². The number of rotatable bonds is 4. The summed E-state index contributed by atoms with van der Waals surface area (Å²) in [5.74, 6) is 0. The summed E-state index contributed by atoms with van der Waals surface area (Å²) < 4.78 is 1.18. The first-order chi connectivity index (χ1) is 8.70. The van der Waals surface area contributed by atoms with Crippen molar-refractivity contribution in [2.45, 2.75) is 57.2 Å². The summed E-state index contributed by atoms with van der Waals surface area (Å²) in [5, 5.41) is 13.3. The number of benzene rings is 1. The fraction of sp³-hybridized carbons (Fsp3) is 0.600. The molecule has 18 heavy (non-hydrogen) atoms. The Kier molecular flexibility index (Phi) is 5.22. The van der Waals surface area contributed by atoms with Crippen LogP contribution in [0, 0.1) is 0 Å². The van der Waals surface area contributed by atoms with Crippen molar-refractivity contribution in [3.05, 3.63) is 34.3 Å². The van der Waals surface area contributed by atoms with Crippen molar-refractivity contribution in [1.29, 1.82) is 0 Å². The lowest BCUT2D eigenvalue weighted by Crippen LogP contribution is -2.37. The normalized spacial score (nSPS) is 25.9. The van der Waals surface area contributed by atoms with Crippen LogP contribution in [0.1, 0.15) is 50.6 Å². The van der Waals surface area contributed by atoms with E-state index in [1.54, 1.807) is 0 Å². The highest BCUT2D eigenvalue weighted by Crippen LogP contribution is 2.28. The fourth-order valence-corrected chi connectivity index (χ4v) is 3.27. The molecule has 0 bridgehead atoms. The highest BCUT2D eigenvalue weighted by molar-refractivity contribution is 9.10. The molecule has 1 aliphatic carbocycles. The maximum atomic E-state index is 9.54. The standard InChI is InChI=1S/C15H22BrNO/c1-2-15(13-5-3-4-6-14(13)16)17-11-7-9-12(18)10-8-11/h3-6,11-12,15,17-18H,2,7-10H2,1H3. The first-order valence-electron chi connectivity index (χ1n) is 6.89. The van der Waals surface area contributed by atoms with E-state index in [1.807, 2.05) is 0 Å². The van der Waals surface area contributed by atoms with E-state index in [0.29, 0.717) is 12.1 Å². The maximum Gasteiger partial charge on any atom is 0.0541 e. The molecule has 0 amide bonds. The minimum Gasteiger partial charge on any atom is -0.393 e. The zero-order valence-electron chi connectivity index (χ0n) is 10.9. The summed E-state index contributed by atoms with van der Waals surface area (Å²) in [6.07, 6.45) is 5.05. The average Bonchev–Trinajstić information content (AvgIpc) is 2.39. The topological polar surface area (TPSA) is 32.3 Å². The Morgan fingerprint density at radius 2 is 1.94 bits per heavy atom. The van der Waals surface area contributed by atoms with Gasteiger partial charge in [-0.25, -0.2) is 0 Å². The second-order valence-electron chi connectivity index (χ2n) is 5.15. The van der Waals surface area contributed by atoms with Crippen molar-refractivity contribution in [3.63, 3.8) is 0 Å². The Morgan fingerprint density at radius 1 is 1.28 bits per heavy atom. The molecule has 3 heteroatoms. The molecule has 0 heterocycles. The quantitative estimate of drug-likeness (QED) is 0.886. The molecular formula is C15H22BrNO. The Hall–Kier alpha value is -0.380. The Bertz CT molecular complexity index is 375. The van der Waals surface area contributed by atoms with Gasteiger partial charge in [0.25, 0.3) is 0 Å². The van der Waals surface area contributed by atoms with Crippen molar-refractivity contribution in [3.8, 4) is 0 Å². The molecule has 1 atom stereocenters. The molecule has 100 valence electrons. The molecule has 0 aromatic heterocycles. The predicted octanol–water partition coefficient (Wildman–Crippen LogP) is 3.79. The molecule has 2 N–H and O–H groups in total. The van der Waals surface area contributed by atoms with Crippen LogP contribution in [0.15, 0.2) is 28.7 Å². The van der Waals surface area contributed by atoms with Gasteiger partial charge in [0.15, 0.2) is 0 Å². The van der Waals surface area contributed by atoms with Crippen LogP contribution in [0.3, 0.4) is 0 Å². The van der Waals surface area contributed by atoms with Crippen LogP contribution in [-0.2, 0) is 0 Å². The zero-order chi connectivity index (χ0) is 13.0. The summed E-state index contributed by atoms with van der Waals surface area (Å²) in [6, 6.07) is 9.38. The lowest BCUT2D eigenvalue weighted by atomic mass is 9.91. The van der Waals surface area contributed by atoms with Crippen LogP contribution < -0.4 is 5.32 Å². The first kappa shape index (κ1) is 14.0. The lowest BCUT2D eigenvalue weighted by Gasteiger charge is -2.30. The number of nitrogens with one attached hydrogen (secondary N) is 1. The molecule has 1 fully saturated rings. The molecule has 0 spiro atoms. The van der Waals surface area contributed by atoms with Gasteiger partial charge in [-0.15, -0.1) is 0 Å². The van der Waals surface area contributed by atoms with Crippen LogP contribution >= 0.6 is 15.9 Å². The molecule has 2 nitrogen and oxygen atoms in total. The number of hydrogen-bond donors (Lipinski definition) is 2. The monoisotopic (exact) mass is 311 g/mol. The van der Waals surface area contributed by atoms with E-state index < -0.39 is 0 Å². The predicted molar refractivity (Wildman–Crippen MR) is 78.6 cm³/mol. The van der Waals surface area contributed by atoms with Gasteiger partial charge in [0.05, 0.1) is 6.10 Å².